The van der Waals surface area contributed by atoms with Gasteiger partial charge in [0.2, 0.25) is 5.95 Å². The molecule has 0 atom stereocenters. The van der Waals surface area contributed by atoms with E-state index >= 15 is 0 Å². The van der Waals surface area contributed by atoms with Crippen molar-refractivity contribution in [3.8, 4) is 0 Å². The molecule has 0 radical (unpaired) electrons. The molecule has 0 unspecified atom stereocenters. The van der Waals surface area contributed by atoms with Gasteiger partial charge in [-0.3, -0.25) is 10.3 Å². The van der Waals surface area contributed by atoms with Gasteiger partial charge in [0.25, 0.3) is 0 Å². The minimum atomic E-state index is -0.181. The molecule has 1 aromatic heterocycles. The van der Waals surface area contributed by atoms with Crippen molar-refractivity contribution in [2.24, 2.45) is 11.1 Å². The molecule has 116 valence electrons. The van der Waals surface area contributed by atoms with E-state index in [9.17, 15) is 0 Å². The Balaban J connectivity index is 1.71. The van der Waals surface area contributed by atoms with E-state index in [1.165, 1.54) is 0 Å². The Labute approximate surface area is 126 Å². The molecule has 0 bridgehead atoms. The Morgan fingerprint density at radius 1 is 1.24 bits per heavy atom. The van der Waals surface area contributed by atoms with Crippen molar-refractivity contribution in [1.29, 1.82) is 5.41 Å². The first-order chi connectivity index (χ1) is 9.99. The maximum absolute atomic E-state index is 7.59. The van der Waals surface area contributed by atoms with Crippen molar-refractivity contribution >= 4 is 11.8 Å². The van der Waals surface area contributed by atoms with E-state index in [4.69, 9.17) is 11.1 Å². The molecule has 3 N–H and O–H groups in total. The van der Waals surface area contributed by atoms with E-state index < -0.39 is 0 Å². The Kier molecular flexibility index (Phi) is 5.12. The lowest BCUT2D eigenvalue weighted by Gasteiger charge is -2.35. The fourth-order valence-corrected chi connectivity index (χ4v) is 2.51. The van der Waals surface area contributed by atoms with E-state index in [0.717, 1.165) is 51.5 Å². The van der Waals surface area contributed by atoms with Gasteiger partial charge in [-0.1, -0.05) is 13.8 Å². The van der Waals surface area contributed by atoms with Crippen LogP contribution in [0.15, 0.2) is 18.5 Å². The summed E-state index contributed by atoms with van der Waals surface area (Å²) in [5.41, 5.74) is 5.44. The second kappa shape index (κ2) is 6.85. The zero-order valence-corrected chi connectivity index (χ0v) is 13.0. The van der Waals surface area contributed by atoms with Gasteiger partial charge in [-0.25, -0.2) is 9.97 Å². The molecular weight excluding hydrogens is 264 g/mol. The van der Waals surface area contributed by atoms with Crippen molar-refractivity contribution in [3.63, 3.8) is 0 Å². The maximum Gasteiger partial charge on any atom is 0.225 e. The molecule has 0 spiro atoms. The molecule has 1 aliphatic rings. The van der Waals surface area contributed by atoms with E-state index in [1.807, 2.05) is 19.9 Å². The summed E-state index contributed by atoms with van der Waals surface area (Å²) in [7, 11) is 0. The van der Waals surface area contributed by atoms with Gasteiger partial charge < -0.3 is 10.6 Å². The van der Waals surface area contributed by atoms with Crippen LogP contribution in [0.3, 0.4) is 0 Å². The molecule has 1 fully saturated rings. The second-order valence-electron chi connectivity index (χ2n) is 6.28. The quantitative estimate of drug-likeness (QED) is 0.610. The second-order valence-corrected chi connectivity index (χ2v) is 6.28. The molecule has 2 heterocycles. The molecule has 1 aromatic rings. The third kappa shape index (κ3) is 4.39. The van der Waals surface area contributed by atoms with Crippen molar-refractivity contribution in [2.75, 3.05) is 37.6 Å². The summed E-state index contributed by atoms with van der Waals surface area (Å²) < 4.78 is 0. The van der Waals surface area contributed by atoms with E-state index in [-0.39, 0.29) is 11.3 Å². The van der Waals surface area contributed by atoms with Crippen LogP contribution in [0.4, 0.5) is 5.95 Å². The molecule has 2 rings (SSSR count). The molecule has 0 aliphatic carbocycles. The van der Waals surface area contributed by atoms with Crippen molar-refractivity contribution in [2.45, 2.75) is 26.7 Å². The van der Waals surface area contributed by atoms with Gasteiger partial charge >= 0.3 is 0 Å². The van der Waals surface area contributed by atoms with Crippen molar-refractivity contribution in [1.82, 2.24) is 14.9 Å². The Hall–Kier alpha value is -1.69. The molecule has 1 aliphatic heterocycles. The first-order valence-corrected chi connectivity index (χ1v) is 7.58. The van der Waals surface area contributed by atoms with Crippen LogP contribution < -0.4 is 10.6 Å². The summed E-state index contributed by atoms with van der Waals surface area (Å²) in [6.07, 6.45) is 5.62. The van der Waals surface area contributed by atoms with Crippen LogP contribution in [0.1, 0.15) is 26.7 Å². The highest BCUT2D eigenvalue weighted by Crippen LogP contribution is 2.22. The number of hydrogen-bond acceptors (Lipinski definition) is 5. The molecule has 0 aromatic carbocycles. The van der Waals surface area contributed by atoms with Crippen LogP contribution in [0, 0.1) is 10.8 Å². The van der Waals surface area contributed by atoms with Crippen LogP contribution >= 0.6 is 0 Å². The zero-order valence-electron chi connectivity index (χ0n) is 13.0. The molecule has 1 saturated heterocycles. The molecule has 0 saturated carbocycles. The maximum atomic E-state index is 7.59. The molecule has 0 amide bonds. The highest BCUT2D eigenvalue weighted by Gasteiger charge is 2.23. The van der Waals surface area contributed by atoms with Gasteiger partial charge in [0.05, 0.1) is 5.84 Å². The van der Waals surface area contributed by atoms with Crippen LogP contribution in [0.2, 0.25) is 0 Å². The van der Waals surface area contributed by atoms with Gasteiger partial charge in [0, 0.05) is 44.0 Å². The number of piperazine rings is 1. The summed E-state index contributed by atoms with van der Waals surface area (Å²) >= 11 is 0. The van der Waals surface area contributed by atoms with Gasteiger partial charge in [0.1, 0.15) is 0 Å². The van der Waals surface area contributed by atoms with Crippen molar-refractivity contribution < 1.29 is 0 Å². The van der Waals surface area contributed by atoms with E-state index in [0.29, 0.717) is 0 Å². The van der Waals surface area contributed by atoms with Crippen LogP contribution in [-0.4, -0.2) is 53.4 Å². The van der Waals surface area contributed by atoms with E-state index in [1.54, 1.807) is 12.4 Å². The number of nitrogens with zero attached hydrogens (tertiary/aromatic N) is 4. The summed E-state index contributed by atoms with van der Waals surface area (Å²) in [4.78, 5) is 13.3. The number of rotatable bonds is 6. The van der Waals surface area contributed by atoms with Gasteiger partial charge in [-0.05, 0) is 25.5 Å². The van der Waals surface area contributed by atoms with Gasteiger partial charge in [-0.15, -0.1) is 0 Å². The van der Waals surface area contributed by atoms with Crippen LogP contribution in [0.25, 0.3) is 0 Å². The molecule has 21 heavy (non-hydrogen) atoms. The summed E-state index contributed by atoms with van der Waals surface area (Å²) in [5.74, 6) is 1.11. The number of amidine groups is 1. The average Bonchev–Trinajstić information content (AvgIpc) is 2.48. The number of aromatic nitrogens is 2. The minimum absolute atomic E-state index is 0.181. The standard InChI is InChI=1S/C15H26N6/c1-15(2,13(16)17)5-3-8-20-9-11-21(12-10-20)14-18-6-4-7-19-14/h4,6-7H,3,5,8-12H2,1-2H3,(H3,16,17). The smallest absolute Gasteiger partial charge is 0.225 e. The van der Waals surface area contributed by atoms with E-state index in [2.05, 4.69) is 19.8 Å². The third-order valence-corrected chi connectivity index (χ3v) is 4.21. The van der Waals surface area contributed by atoms with Crippen LogP contribution in [0.5, 0.6) is 0 Å². The summed E-state index contributed by atoms with van der Waals surface area (Å²) in [6.45, 7) is 9.18. The predicted octanol–water partition coefficient (Wildman–Crippen LogP) is 1.34. The van der Waals surface area contributed by atoms with Crippen LogP contribution in [-0.2, 0) is 0 Å². The lowest BCUT2D eigenvalue weighted by molar-refractivity contribution is 0.243. The van der Waals surface area contributed by atoms with Gasteiger partial charge in [-0.2, -0.15) is 0 Å². The number of hydrogen-bond donors (Lipinski definition) is 2. The zero-order chi connectivity index (χ0) is 15.3. The summed E-state index contributed by atoms with van der Waals surface area (Å²) in [6, 6.07) is 1.84. The topological polar surface area (TPSA) is 82.1 Å². The van der Waals surface area contributed by atoms with Gasteiger partial charge in [0.15, 0.2) is 0 Å². The number of anilines is 1. The largest absolute Gasteiger partial charge is 0.387 e. The summed E-state index contributed by atoms with van der Waals surface area (Å²) in [5, 5.41) is 7.59. The highest BCUT2D eigenvalue weighted by molar-refractivity contribution is 5.82. The predicted molar refractivity (Wildman–Crippen MR) is 85.6 cm³/mol. The van der Waals surface area contributed by atoms with Crippen molar-refractivity contribution in [3.05, 3.63) is 18.5 Å². The lowest BCUT2D eigenvalue weighted by atomic mass is 9.86. The Morgan fingerprint density at radius 2 is 1.86 bits per heavy atom. The number of nitrogens with two attached hydrogens (primary N) is 1. The highest BCUT2D eigenvalue weighted by atomic mass is 15.3. The average molecular weight is 290 g/mol. The fraction of sp³-hybridized carbons (Fsp3) is 0.667. The third-order valence-electron chi connectivity index (χ3n) is 4.21. The number of nitrogens with one attached hydrogen (secondary N) is 1. The monoisotopic (exact) mass is 290 g/mol. The minimum Gasteiger partial charge on any atom is -0.387 e. The molecule has 6 nitrogen and oxygen atoms in total. The first kappa shape index (κ1) is 15.7. The fourth-order valence-electron chi connectivity index (χ4n) is 2.51. The first-order valence-electron chi connectivity index (χ1n) is 7.58. The Bertz CT molecular complexity index is 450. The molecular formula is C15H26N6. The molecule has 6 heteroatoms. The lowest BCUT2D eigenvalue weighted by Crippen LogP contribution is -2.47. The normalized spacial score (nSPS) is 17.0. The Morgan fingerprint density at radius 3 is 2.43 bits per heavy atom. The SMILES string of the molecule is CC(C)(CCCN1CCN(c2ncccn2)CC1)C(=N)N.